The summed E-state index contributed by atoms with van der Waals surface area (Å²) in [5, 5.41) is 0. The Bertz CT molecular complexity index is 465. The van der Waals surface area contributed by atoms with Crippen LogP contribution in [-0.2, 0) is 11.2 Å². The number of imidazole rings is 1. The van der Waals surface area contributed by atoms with Gasteiger partial charge in [-0.05, 0) is 12.5 Å². The molecule has 1 atom stereocenters. The van der Waals surface area contributed by atoms with Gasteiger partial charge in [-0.15, -0.1) is 0 Å². The maximum Gasteiger partial charge on any atom is 0.419 e. The van der Waals surface area contributed by atoms with Crippen molar-refractivity contribution in [2.45, 2.75) is 19.4 Å². The molecule has 2 rings (SSSR count). The molecule has 0 bridgehead atoms. The second kappa shape index (κ2) is 5.30. The first-order valence-corrected chi connectivity index (χ1v) is 5.48. The van der Waals surface area contributed by atoms with Crippen molar-refractivity contribution in [3.63, 3.8) is 0 Å². The van der Waals surface area contributed by atoms with Gasteiger partial charge in [0.15, 0.2) is 0 Å². The lowest BCUT2D eigenvalue weighted by molar-refractivity contribution is 0.108. The number of carbonyl (C=O) groups is 1. The van der Waals surface area contributed by atoms with E-state index in [4.69, 9.17) is 4.74 Å². The first-order chi connectivity index (χ1) is 8.25. The highest BCUT2D eigenvalue weighted by Crippen LogP contribution is 2.06. The minimum atomic E-state index is -0.397. The minimum Gasteiger partial charge on any atom is -0.446 e. The van der Waals surface area contributed by atoms with E-state index in [9.17, 15) is 4.79 Å². The summed E-state index contributed by atoms with van der Waals surface area (Å²) in [6, 6.07) is 9.94. The molecule has 0 aliphatic carbocycles. The molecule has 17 heavy (non-hydrogen) atoms. The predicted molar refractivity (Wildman–Crippen MR) is 63.7 cm³/mol. The maximum atomic E-state index is 11.6. The third kappa shape index (κ3) is 3.17. The van der Waals surface area contributed by atoms with Gasteiger partial charge in [0, 0.05) is 18.8 Å². The number of hydrogen-bond donors (Lipinski definition) is 0. The van der Waals surface area contributed by atoms with E-state index >= 15 is 0 Å². The molecule has 1 heterocycles. The second-order valence-electron chi connectivity index (χ2n) is 3.85. The van der Waals surface area contributed by atoms with Crippen LogP contribution in [0.2, 0.25) is 0 Å². The van der Waals surface area contributed by atoms with Crippen LogP contribution in [-0.4, -0.2) is 21.7 Å². The fourth-order valence-corrected chi connectivity index (χ4v) is 1.59. The van der Waals surface area contributed by atoms with E-state index < -0.39 is 6.09 Å². The summed E-state index contributed by atoms with van der Waals surface area (Å²) < 4.78 is 6.60. The quantitative estimate of drug-likeness (QED) is 0.813. The number of aromatic nitrogens is 2. The molecule has 0 saturated heterocycles. The van der Waals surface area contributed by atoms with Crippen LogP contribution >= 0.6 is 0 Å². The summed E-state index contributed by atoms with van der Waals surface area (Å²) >= 11 is 0. The number of ether oxygens (including phenoxy) is 1. The molecular formula is C13H14N2O2. The Kier molecular flexibility index (Phi) is 3.55. The van der Waals surface area contributed by atoms with Crippen molar-refractivity contribution in [1.82, 2.24) is 9.55 Å². The number of carbonyl (C=O) groups excluding carboxylic acids is 1. The fraction of sp³-hybridized carbons (Fsp3) is 0.231. The highest BCUT2D eigenvalue weighted by Gasteiger charge is 2.11. The molecule has 4 nitrogen and oxygen atoms in total. The first-order valence-electron chi connectivity index (χ1n) is 5.48. The topological polar surface area (TPSA) is 44.1 Å². The van der Waals surface area contributed by atoms with Crippen LogP contribution in [0.25, 0.3) is 0 Å². The Balaban J connectivity index is 1.90. The molecule has 1 aromatic carbocycles. The van der Waals surface area contributed by atoms with E-state index in [1.807, 2.05) is 37.3 Å². The van der Waals surface area contributed by atoms with Gasteiger partial charge < -0.3 is 4.74 Å². The first kappa shape index (κ1) is 11.4. The molecule has 0 aliphatic rings. The van der Waals surface area contributed by atoms with Gasteiger partial charge in [0.05, 0.1) is 0 Å². The fourth-order valence-electron chi connectivity index (χ4n) is 1.59. The van der Waals surface area contributed by atoms with Crippen LogP contribution in [0, 0.1) is 0 Å². The van der Waals surface area contributed by atoms with Crippen molar-refractivity contribution in [2.75, 3.05) is 0 Å². The van der Waals surface area contributed by atoms with E-state index in [1.165, 1.54) is 10.9 Å². The molecule has 0 saturated carbocycles. The van der Waals surface area contributed by atoms with Crippen molar-refractivity contribution in [3.05, 3.63) is 54.6 Å². The third-order valence-corrected chi connectivity index (χ3v) is 2.38. The number of nitrogens with zero attached hydrogens (tertiary/aromatic N) is 2. The van der Waals surface area contributed by atoms with E-state index in [2.05, 4.69) is 4.98 Å². The molecular weight excluding hydrogens is 216 g/mol. The summed E-state index contributed by atoms with van der Waals surface area (Å²) in [5.41, 5.74) is 1.15. The third-order valence-electron chi connectivity index (χ3n) is 2.38. The van der Waals surface area contributed by atoms with Crippen LogP contribution in [0.5, 0.6) is 0 Å². The van der Waals surface area contributed by atoms with Crippen molar-refractivity contribution >= 4 is 6.09 Å². The molecule has 1 aromatic heterocycles. The Morgan fingerprint density at radius 1 is 1.41 bits per heavy atom. The van der Waals surface area contributed by atoms with Gasteiger partial charge in [0.1, 0.15) is 12.4 Å². The average Bonchev–Trinajstić information content (AvgIpc) is 2.83. The summed E-state index contributed by atoms with van der Waals surface area (Å²) in [4.78, 5) is 15.4. The zero-order valence-electron chi connectivity index (χ0n) is 9.61. The zero-order valence-corrected chi connectivity index (χ0v) is 9.61. The van der Waals surface area contributed by atoms with Gasteiger partial charge in [-0.3, -0.25) is 0 Å². The normalized spacial score (nSPS) is 12.1. The van der Waals surface area contributed by atoms with E-state index in [1.54, 1.807) is 12.4 Å². The predicted octanol–water partition coefficient (Wildman–Crippen LogP) is 2.50. The standard InChI is InChI=1S/C13H14N2O2/c1-11(9-12-5-3-2-4-6-12)17-13(16)15-8-7-14-10-15/h2-8,10-11H,9H2,1H3. The molecule has 4 heteroatoms. The van der Waals surface area contributed by atoms with Crippen LogP contribution in [0.3, 0.4) is 0 Å². The van der Waals surface area contributed by atoms with Crippen molar-refractivity contribution in [1.29, 1.82) is 0 Å². The molecule has 0 spiro atoms. The van der Waals surface area contributed by atoms with Gasteiger partial charge in [0.2, 0.25) is 0 Å². The molecule has 0 N–H and O–H groups in total. The zero-order chi connectivity index (χ0) is 12.1. The number of hydrogen-bond acceptors (Lipinski definition) is 3. The summed E-state index contributed by atoms with van der Waals surface area (Å²) in [7, 11) is 0. The Labute approximate surface area is 99.9 Å². The Morgan fingerprint density at radius 2 is 2.18 bits per heavy atom. The van der Waals surface area contributed by atoms with Crippen LogP contribution in [0.1, 0.15) is 12.5 Å². The number of benzene rings is 1. The van der Waals surface area contributed by atoms with Crippen molar-refractivity contribution in [3.8, 4) is 0 Å². The second-order valence-corrected chi connectivity index (χ2v) is 3.85. The van der Waals surface area contributed by atoms with E-state index in [-0.39, 0.29) is 6.10 Å². The largest absolute Gasteiger partial charge is 0.446 e. The van der Waals surface area contributed by atoms with Gasteiger partial charge >= 0.3 is 6.09 Å². The highest BCUT2D eigenvalue weighted by atomic mass is 16.6. The molecule has 0 aliphatic heterocycles. The van der Waals surface area contributed by atoms with Gasteiger partial charge in [0.25, 0.3) is 0 Å². The number of rotatable bonds is 3. The van der Waals surface area contributed by atoms with Crippen LogP contribution < -0.4 is 0 Å². The monoisotopic (exact) mass is 230 g/mol. The summed E-state index contributed by atoms with van der Waals surface area (Å²) in [6.07, 6.45) is 4.69. The molecule has 0 fully saturated rings. The van der Waals surface area contributed by atoms with Gasteiger partial charge in [-0.25, -0.2) is 14.3 Å². The molecule has 0 amide bonds. The molecule has 2 aromatic rings. The minimum absolute atomic E-state index is 0.160. The van der Waals surface area contributed by atoms with Crippen molar-refractivity contribution in [2.24, 2.45) is 0 Å². The molecule has 0 radical (unpaired) electrons. The lowest BCUT2D eigenvalue weighted by Crippen LogP contribution is -2.20. The summed E-state index contributed by atoms with van der Waals surface area (Å²) in [6.45, 7) is 1.88. The van der Waals surface area contributed by atoms with Crippen molar-refractivity contribution < 1.29 is 9.53 Å². The smallest absolute Gasteiger partial charge is 0.419 e. The van der Waals surface area contributed by atoms with Gasteiger partial charge in [-0.1, -0.05) is 30.3 Å². The van der Waals surface area contributed by atoms with Crippen LogP contribution in [0.4, 0.5) is 4.79 Å². The maximum absolute atomic E-state index is 11.6. The Hall–Kier alpha value is -2.10. The van der Waals surface area contributed by atoms with Gasteiger partial charge in [-0.2, -0.15) is 0 Å². The lowest BCUT2D eigenvalue weighted by atomic mass is 10.1. The highest BCUT2D eigenvalue weighted by molar-refractivity contribution is 5.70. The average molecular weight is 230 g/mol. The molecule has 1 unspecified atom stereocenters. The molecule has 88 valence electrons. The Morgan fingerprint density at radius 3 is 2.82 bits per heavy atom. The van der Waals surface area contributed by atoms with E-state index in [0.29, 0.717) is 6.42 Å². The van der Waals surface area contributed by atoms with E-state index in [0.717, 1.165) is 5.56 Å². The lowest BCUT2D eigenvalue weighted by Gasteiger charge is -2.13. The summed E-state index contributed by atoms with van der Waals surface area (Å²) in [5.74, 6) is 0. The SMILES string of the molecule is CC(Cc1ccccc1)OC(=O)n1ccnc1. The van der Waals surface area contributed by atoms with Crippen LogP contribution in [0.15, 0.2) is 49.1 Å².